The van der Waals surface area contributed by atoms with Gasteiger partial charge in [0.15, 0.2) is 0 Å². The van der Waals surface area contributed by atoms with Gasteiger partial charge in [0, 0.05) is 17.1 Å². The predicted molar refractivity (Wildman–Crippen MR) is 79.6 cm³/mol. The molecule has 2 aromatic carbocycles. The van der Waals surface area contributed by atoms with E-state index < -0.39 is 0 Å². The van der Waals surface area contributed by atoms with Crippen LogP contribution in [-0.2, 0) is 11.2 Å². The maximum atomic E-state index is 11.9. The van der Waals surface area contributed by atoms with Crippen LogP contribution in [0.5, 0.6) is 0 Å². The molecule has 0 aliphatic rings. The van der Waals surface area contributed by atoms with Gasteiger partial charge in [0.2, 0.25) is 5.91 Å². The van der Waals surface area contributed by atoms with Gasteiger partial charge in [-0.3, -0.25) is 4.79 Å². The van der Waals surface area contributed by atoms with Crippen molar-refractivity contribution in [2.24, 2.45) is 0 Å². The lowest BCUT2D eigenvalue weighted by Gasteiger charge is -2.09. The predicted octanol–water partition coefficient (Wildman–Crippen LogP) is 4.22. The molecule has 1 N–H and O–H groups in total. The first kappa shape index (κ1) is 13.6. The molecule has 0 atom stereocenters. The van der Waals surface area contributed by atoms with Gasteiger partial charge < -0.3 is 5.32 Å². The van der Waals surface area contributed by atoms with Gasteiger partial charge in [-0.05, 0) is 36.6 Å². The second-order valence-electron chi connectivity index (χ2n) is 4.45. The van der Waals surface area contributed by atoms with Gasteiger partial charge in [-0.15, -0.1) is 0 Å². The Kier molecular flexibility index (Phi) is 4.58. The number of amides is 1. The molecule has 2 rings (SSSR count). The fourth-order valence-electron chi connectivity index (χ4n) is 1.86. The molecule has 1 amide bonds. The van der Waals surface area contributed by atoms with E-state index in [1.807, 2.05) is 55.5 Å². The lowest BCUT2D eigenvalue weighted by molar-refractivity contribution is -0.116. The number of hydrogen-bond donors (Lipinski definition) is 1. The number of anilines is 1. The zero-order valence-electron chi connectivity index (χ0n) is 10.8. The minimum atomic E-state index is 0.00854. The van der Waals surface area contributed by atoms with Crippen LogP contribution in [0.3, 0.4) is 0 Å². The molecule has 0 aliphatic carbocycles. The summed E-state index contributed by atoms with van der Waals surface area (Å²) in [6.07, 6.45) is 1.21. The summed E-state index contributed by atoms with van der Waals surface area (Å²) in [5, 5.41) is 3.57. The van der Waals surface area contributed by atoms with E-state index in [9.17, 15) is 4.79 Å². The molecule has 0 aliphatic heterocycles. The van der Waals surface area contributed by atoms with Crippen LogP contribution in [0.15, 0.2) is 48.5 Å². The van der Waals surface area contributed by atoms with Crippen LogP contribution in [0, 0.1) is 6.92 Å². The van der Waals surface area contributed by atoms with Crippen LogP contribution in [0.25, 0.3) is 0 Å². The molecule has 0 aromatic heterocycles. The van der Waals surface area contributed by atoms with E-state index >= 15 is 0 Å². The topological polar surface area (TPSA) is 29.1 Å². The highest BCUT2D eigenvalue weighted by molar-refractivity contribution is 6.31. The molecule has 0 heterocycles. The van der Waals surface area contributed by atoms with E-state index in [-0.39, 0.29) is 5.91 Å². The number of benzene rings is 2. The molecular formula is C16H16ClNO. The molecule has 0 spiro atoms. The van der Waals surface area contributed by atoms with Crippen LogP contribution < -0.4 is 5.32 Å². The molecule has 19 heavy (non-hydrogen) atoms. The second-order valence-corrected chi connectivity index (χ2v) is 4.85. The fraction of sp³-hybridized carbons (Fsp3) is 0.188. The molecule has 2 aromatic rings. The Hall–Kier alpha value is -1.80. The van der Waals surface area contributed by atoms with E-state index in [1.54, 1.807) is 0 Å². The monoisotopic (exact) mass is 273 g/mol. The number of carbonyl (C=O) groups excluding carboxylic acids is 1. The largest absolute Gasteiger partial charge is 0.326 e. The average Bonchev–Trinajstić information content (AvgIpc) is 2.43. The fourth-order valence-corrected chi connectivity index (χ4v) is 2.03. The first-order valence-electron chi connectivity index (χ1n) is 6.25. The molecule has 0 unspecified atom stereocenters. The van der Waals surface area contributed by atoms with Crippen molar-refractivity contribution in [3.63, 3.8) is 0 Å². The van der Waals surface area contributed by atoms with Crippen molar-refractivity contribution in [3.05, 3.63) is 64.7 Å². The zero-order valence-corrected chi connectivity index (χ0v) is 11.6. The molecule has 0 saturated carbocycles. The third-order valence-corrected chi connectivity index (χ3v) is 3.43. The molecule has 0 fully saturated rings. The summed E-state index contributed by atoms with van der Waals surface area (Å²) in [7, 11) is 0. The normalized spacial score (nSPS) is 10.2. The van der Waals surface area contributed by atoms with Crippen molar-refractivity contribution < 1.29 is 4.79 Å². The van der Waals surface area contributed by atoms with Crippen molar-refractivity contribution in [3.8, 4) is 0 Å². The first-order valence-corrected chi connectivity index (χ1v) is 6.63. The van der Waals surface area contributed by atoms with Gasteiger partial charge in [-0.25, -0.2) is 0 Å². The molecule has 0 bridgehead atoms. The van der Waals surface area contributed by atoms with Crippen molar-refractivity contribution >= 4 is 23.2 Å². The second kappa shape index (κ2) is 6.39. The number of carbonyl (C=O) groups is 1. The van der Waals surface area contributed by atoms with E-state index in [0.717, 1.165) is 17.7 Å². The van der Waals surface area contributed by atoms with Gasteiger partial charge in [-0.2, -0.15) is 0 Å². The molecular weight excluding hydrogens is 258 g/mol. The third-order valence-electron chi connectivity index (χ3n) is 3.03. The van der Waals surface area contributed by atoms with Crippen molar-refractivity contribution in [2.45, 2.75) is 19.8 Å². The Morgan fingerprint density at radius 1 is 1.11 bits per heavy atom. The summed E-state index contributed by atoms with van der Waals surface area (Å²) in [6, 6.07) is 15.5. The van der Waals surface area contributed by atoms with E-state index in [0.29, 0.717) is 11.4 Å². The Bertz CT molecular complexity index is 566. The smallest absolute Gasteiger partial charge is 0.224 e. The highest BCUT2D eigenvalue weighted by Crippen LogP contribution is 2.23. The van der Waals surface area contributed by atoms with Crippen LogP contribution >= 0.6 is 11.6 Å². The third kappa shape index (κ3) is 3.83. The SMILES string of the molecule is Cc1c(Cl)cccc1NC(=O)CCc1ccccc1. The van der Waals surface area contributed by atoms with Crippen LogP contribution in [0.1, 0.15) is 17.5 Å². The molecule has 0 saturated heterocycles. The van der Waals surface area contributed by atoms with Gasteiger partial charge >= 0.3 is 0 Å². The number of hydrogen-bond acceptors (Lipinski definition) is 1. The summed E-state index contributed by atoms with van der Waals surface area (Å²) in [4.78, 5) is 11.9. The maximum absolute atomic E-state index is 11.9. The number of rotatable bonds is 4. The molecule has 98 valence electrons. The van der Waals surface area contributed by atoms with Gasteiger partial charge in [0.1, 0.15) is 0 Å². The van der Waals surface area contributed by atoms with E-state index in [4.69, 9.17) is 11.6 Å². The number of aryl methyl sites for hydroxylation is 1. The highest BCUT2D eigenvalue weighted by atomic mass is 35.5. The Morgan fingerprint density at radius 3 is 2.58 bits per heavy atom. The summed E-state index contributed by atoms with van der Waals surface area (Å²) in [6.45, 7) is 1.90. The van der Waals surface area contributed by atoms with E-state index in [2.05, 4.69) is 5.32 Å². The Morgan fingerprint density at radius 2 is 1.84 bits per heavy atom. The molecule has 3 heteroatoms. The van der Waals surface area contributed by atoms with Crippen molar-refractivity contribution in [1.29, 1.82) is 0 Å². The van der Waals surface area contributed by atoms with Crippen LogP contribution in [0.4, 0.5) is 5.69 Å². The van der Waals surface area contributed by atoms with Crippen molar-refractivity contribution in [2.75, 3.05) is 5.32 Å². The van der Waals surface area contributed by atoms with Gasteiger partial charge in [0.05, 0.1) is 0 Å². The number of halogens is 1. The van der Waals surface area contributed by atoms with Gasteiger partial charge in [0.25, 0.3) is 0 Å². The summed E-state index contributed by atoms with van der Waals surface area (Å²) in [5.74, 6) is 0.00854. The first-order chi connectivity index (χ1) is 9.16. The summed E-state index contributed by atoms with van der Waals surface area (Å²) < 4.78 is 0. The minimum absolute atomic E-state index is 0.00854. The Labute approximate surface area is 118 Å². The quantitative estimate of drug-likeness (QED) is 0.888. The summed E-state index contributed by atoms with van der Waals surface area (Å²) >= 11 is 6.02. The zero-order chi connectivity index (χ0) is 13.7. The van der Waals surface area contributed by atoms with Crippen LogP contribution in [-0.4, -0.2) is 5.91 Å². The van der Waals surface area contributed by atoms with Crippen LogP contribution in [0.2, 0.25) is 5.02 Å². The van der Waals surface area contributed by atoms with E-state index in [1.165, 1.54) is 5.56 Å². The lowest BCUT2D eigenvalue weighted by Crippen LogP contribution is -2.13. The standard InChI is InChI=1S/C16H16ClNO/c1-12-14(17)8-5-9-15(12)18-16(19)11-10-13-6-3-2-4-7-13/h2-9H,10-11H2,1H3,(H,18,19). The molecule has 0 radical (unpaired) electrons. The lowest BCUT2D eigenvalue weighted by atomic mass is 10.1. The minimum Gasteiger partial charge on any atom is -0.326 e. The Balaban J connectivity index is 1.93. The number of nitrogens with one attached hydrogen (secondary N) is 1. The highest BCUT2D eigenvalue weighted by Gasteiger charge is 2.06. The average molecular weight is 274 g/mol. The van der Waals surface area contributed by atoms with Crippen molar-refractivity contribution in [1.82, 2.24) is 0 Å². The maximum Gasteiger partial charge on any atom is 0.224 e. The molecule has 2 nitrogen and oxygen atoms in total. The summed E-state index contributed by atoms with van der Waals surface area (Å²) in [5.41, 5.74) is 2.85. The van der Waals surface area contributed by atoms with Gasteiger partial charge in [-0.1, -0.05) is 48.0 Å².